The van der Waals surface area contributed by atoms with Gasteiger partial charge in [-0.25, -0.2) is 0 Å². The van der Waals surface area contributed by atoms with Crippen LogP contribution >= 0.6 is 0 Å². The summed E-state index contributed by atoms with van der Waals surface area (Å²) in [6.45, 7) is 4.88. The molecule has 1 aliphatic rings. The predicted molar refractivity (Wildman–Crippen MR) is 95.3 cm³/mol. The highest BCUT2D eigenvalue weighted by Gasteiger charge is 2.08. The van der Waals surface area contributed by atoms with E-state index in [1.165, 1.54) is 62.1 Å². The Morgan fingerprint density at radius 2 is 1.45 bits per heavy atom. The Labute approximate surface area is 134 Å². The van der Waals surface area contributed by atoms with Crippen molar-refractivity contribution in [2.45, 2.75) is 25.7 Å². The van der Waals surface area contributed by atoms with Gasteiger partial charge < -0.3 is 10.2 Å². The van der Waals surface area contributed by atoms with Gasteiger partial charge in [-0.2, -0.15) is 0 Å². The third-order valence-electron chi connectivity index (χ3n) is 4.42. The lowest BCUT2D eigenvalue weighted by Crippen LogP contribution is -2.31. The van der Waals surface area contributed by atoms with Gasteiger partial charge in [-0.3, -0.25) is 0 Å². The van der Waals surface area contributed by atoms with E-state index in [-0.39, 0.29) is 0 Å². The summed E-state index contributed by atoms with van der Waals surface area (Å²) in [4.78, 5) is 2.60. The fourth-order valence-corrected chi connectivity index (χ4v) is 3.13. The number of hydrogen-bond donors (Lipinski definition) is 1. The molecule has 2 nitrogen and oxygen atoms in total. The smallest absolute Gasteiger partial charge is 0.0340 e. The van der Waals surface area contributed by atoms with Crippen LogP contribution in [0, 0.1) is 0 Å². The third-order valence-corrected chi connectivity index (χ3v) is 4.42. The molecule has 2 aromatic carbocycles. The average molecular weight is 294 g/mol. The summed E-state index contributed by atoms with van der Waals surface area (Å²) in [6, 6.07) is 19.3. The van der Waals surface area contributed by atoms with E-state index in [9.17, 15) is 0 Å². The summed E-state index contributed by atoms with van der Waals surface area (Å²) >= 11 is 0. The molecule has 1 aliphatic heterocycles. The molecule has 1 heterocycles. The largest absolute Gasteiger partial charge is 0.385 e. The van der Waals surface area contributed by atoms with Crippen LogP contribution in [0.15, 0.2) is 54.6 Å². The maximum absolute atomic E-state index is 3.54. The summed E-state index contributed by atoms with van der Waals surface area (Å²) in [5.74, 6) is 0. The van der Waals surface area contributed by atoms with E-state index in [1.807, 2.05) is 0 Å². The maximum atomic E-state index is 3.54. The number of piperidine rings is 1. The number of rotatable bonds is 6. The molecule has 1 saturated heterocycles. The molecule has 0 spiro atoms. The second kappa shape index (κ2) is 8.00. The first-order valence-corrected chi connectivity index (χ1v) is 8.53. The normalized spacial score (nSPS) is 15.6. The van der Waals surface area contributed by atoms with Gasteiger partial charge in [0, 0.05) is 12.2 Å². The number of benzene rings is 2. The molecular formula is C20H26N2. The third kappa shape index (κ3) is 4.35. The summed E-state index contributed by atoms with van der Waals surface area (Å²) in [6.07, 6.45) is 5.41. The Balaban J connectivity index is 1.43. The molecule has 1 fully saturated rings. The Morgan fingerprint density at radius 3 is 2.18 bits per heavy atom. The van der Waals surface area contributed by atoms with Crippen LogP contribution in [-0.2, 0) is 0 Å². The number of nitrogens with zero attached hydrogens (tertiary/aromatic N) is 1. The standard InChI is InChI=1S/C20H26N2/c1-3-8-18(9-4-1)19-10-12-20(13-11-19)21-14-7-17-22-15-5-2-6-16-22/h1,3-4,8-13,21H,2,5-7,14-17H2. The van der Waals surface area contributed by atoms with Crippen molar-refractivity contribution in [2.75, 3.05) is 31.5 Å². The lowest BCUT2D eigenvalue weighted by molar-refractivity contribution is 0.228. The first kappa shape index (κ1) is 15.1. The van der Waals surface area contributed by atoms with Crippen molar-refractivity contribution in [2.24, 2.45) is 0 Å². The fourth-order valence-electron chi connectivity index (χ4n) is 3.13. The van der Waals surface area contributed by atoms with E-state index >= 15 is 0 Å². The molecule has 0 radical (unpaired) electrons. The number of anilines is 1. The van der Waals surface area contributed by atoms with Gasteiger partial charge in [0.2, 0.25) is 0 Å². The summed E-state index contributed by atoms with van der Waals surface area (Å²) in [5.41, 5.74) is 3.77. The van der Waals surface area contributed by atoms with Crippen LogP contribution in [0.4, 0.5) is 5.69 Å². The minimum atomic E-state index is 1.06. The van der Waals surface area contributed by atoms with E-state index in [1.54, 1.807) is 0 Å². The zero-order valence-electron chi connectivity index (χ0n) is 13.3. The highest BCUT2D eigenvalue weighted by molar-refractivity contribution is 5.65. The Hall–Kier alpha value is -1.80. The molecular weight excluding hydrogens is 268 g/mol. The lowest BCUT2D eigenvalue weighted by Gasteiger charge is -2.26. The topological polar surface area (TPSA) is 15.3 Å². The second-order valence-electron chi connectivity index (χ2n) is 6.13. The molecule has 0 saturated carbocycles. The van der Waals surface area contributed by atoms with Gasteiger partial charge in [0.05, 0.1) is 0 Å². The van der Waals surface area contributed by atoms with Crippen LogP contribution in [0.2, 0.25) is 0 Å². The van der Waals surface area contributed by atoms with Gasteiger partial charge in [0.25, 0.3) is 0 Å². The maximum Gasteiger partial charge on any atom is 0.0340 e. The van der Waals surface area contributed by atoms with E-state index in [2.05, 4.69) is 64.8 Å². The van der Waals surface area contributed by atoms with E-state index < -0.39 is 0 Å². The monoisotopic (exact) mass is 294 g/mol. The van der Waals surface area contributed by atoms with Crippen molar-refractivity contribution < 1.29 is 0 Å². The highest BCUT2D eigenvalue weighted by atomic mass is 15.1. The molecule has 0 aromatic heterocycles. The molecule has 0 bridgehead atoms. The van der Waals surface area contributed by atoms with E-state index in [4.69, 9.17) is 0 Å². The SMILES string of the molecule is c1ccc(-c2ccc(NCCCN3CCCCC3)cc2)cc1. The number of hydrogen-bond acceptors (Lipinski definition) is 2. The minimum absolute atomic E-state index is 1.06. The number of likely N-dealkylation sites (tertiary alicyclic amines) is 1. The van der Waals surface area contributed by atoms with Gasteiger partial charge in [0.1, 0.15) is 0 Å². The van der Waals surface area contributed by atoms with Crippen LogP contribution < -0.4 is 5.32 Å². The van der Waals surface area contributed by atoms with Crippen LogP contribution in [0.5, 0.6) is 0 Å². The quantitative estimate of drug-likeness (QED) is 0.781. The van der Waals surface area contributed by atoms with Gasteiger partial charge in [-0.05, 0) is 62.2 Å². The first-order valence-electron chi connectivity index (χ1n) is 8.53. The zero-order valence-corrected chi connectivity index (χ0v) is 13.3. The predicted octanol–water partition coefficient (Wildman–Crippen LogP) is 4.64. The van der Waals surface area contributed by atoms with Gasteiger partial charge >= 0.3 is 0 Å². The molecule has 2 heteroatoms. The van der Waals surface area contributed by atoms with Crippen molar-refractivity contribution >= 4 is 5.69 Å². The molecule has 0 atom stereocenters. The zero-order chi connectivity index (χ0) is 15.0. The Kier molecular flexibility index (Phi) is 5.49. The van der Waals surface area contributed by atoms with Gasteiger partial charge in [0.15, 0.2) is 0 Å². The molecule has 0 unspecified atom stereocenters. The van der Waals surface area contributed by atoms with Crippen LogP contribution in [-0.4, -0.2) is 31.1 Å². The Morgan fingerprint density at radius 1 is 0.773 bits per heavy atom. The molecule has 1 N–H and O–H groups in total. The summed E-state index contributed by atoms with van der Waals surface area (Å²) < 4.78 is 0. The summed E-state index contributed by atoms with van der Waals surface area (Å²) in [7, 11) is 0. The highest BCUT2D eigenvalue weighted by Crippen LogP contribution is 2.20. The molecule has 22 heavy (non-hydrogen) atoms. The number of nitrogens with one attached hydrogen (secondary N) is 1. The van der Waals surface area contributed by atoms with Crippen molar-refractivity contribution in [3.8, 4) is 11.1 Å². The first-order chi connectivity index (χ1) is 10.9. The average Bonchev–Trinajstić information content (AvgIpc) is 2.61. The Bertz CT molecular complexity index is 542. The molecule has 0 amide bonds. The van der Waals surface area contributed by atoms with Gasteiger partial charge in [-0.15, -0.1) is 0 Å². The van der Waals surface area contributed by atoms with Gasteiger partial charge in [-0.1, -0.05) is 48.9 Å². The van der Waals surface area contributed by atoms with Crippen LogP contribution in [0.1, 0.15) is 25.7 Å². The summed E-state index contributed by atoms with van der Waals surface area (Å²) in [5, 5.41) is 3.54. The molecule has 2 aromatic rings. The van der Waals surface area contributed by atoms with Crippen LogP contribution in [0.3, 0.4) is 0 Å². The molecule has 0 aliphatic carbocycles. The van der Waals surface area contributed by atoms with Crippen molar-refractivity contribution in [3.05, 3.63) is 54.6 Å². The van der Waals surface area contributed by atoms with Crippen molar-refractivity contribution in [1.29, 1.82) is 0 Å². The molecule has 3 rings (SSSR count). The molecule has 116 valence electrons. The van der Waals surface area contributed by atoms with Crippen molar-refractivity contribution in [3.63, 3.8) is 0 Å². The second-order valence-corrected chi connectivity index (χ2v) is 6.13. The van der Waals surface area contributed by atoms with E-state index in [0.29, 0.717) is 0 Å². The fraction of sp³-hybridized carbons (Fsp3) is 0.400. The minimum Gasteiger partial charge on any atom is -0.385 e. The van der Waals surface area contributed by atoms with E-state index in [0.717, 1.165) is 6.54 Å². The van der Waals surface area contributed by atoms with Crippen LogP contribution in [0.25, 0.3) is 11.1 Å². The van der Waals surface area contributed by atoms with Crippen molar-refractivity contribution in [1.82, 2.24) is 4.90 Å². The lowest BCUT2D eigenvalue weighted by atomic mass is 10.1.